The summed E-state index contributed by atoms with van der Waals surface area (Å²) in [7, 11) is 0. The molecule has 0 atom stereocenters. The molecule has 1 heterocycles. The van der Waals surface area contributed by atoms with Gasteiger partial charge in [0.1, 0.15) is 5.75 Å². The maximum atomic E-state index is 11.5. The molecule has 1 N–H and O–H groups in total. The molecule has 0 aliphatic heterocycles. The van der Waals surface area contributed by atoms with Crippen LogP contribution in [-0.4, -0.2) is 28.8 Å². The van der Waals surface area contributed by atoms with E-state index in [0.717, 1.165) is 5.75 Å². The standard InChI is InChI=1S/C14H17N3O2/c18-14(15-9-11-17-10-4-8-16-17)7-12-19-13-5-2-1-3-6-13/h1-6,8,10H,7,9,11-12H2,(H,15,18). The fraction of sp³-hybridized carbons (Fsp3) is 0.286. The average Bonchev–Trinajstić information content (AvgIpc) is 2.93. The number of aromatic nitrogens is 2. The van der Waals surface area contributed by atoms with Gasteiger partial charge in [0, 0.05) is 18.9 Å². The van der Waals surface area contributed by atoms with Crippen LogP contribution in [0.1, 0.15) is 6.42 Å². The molecule has 1 aromatic carbocycles. The van der Waals surface area contributed by atoms with E-state index in [4.69, 9.17) is 4.74 Å². The van der Waals surface area contributed by atoms with Crippen LogP contribution in [0.15, 0.2) is 48.8 Å². The number of carbonyl (C=O) groups is 1. The third-order valence-electron chi connectivity index (χ3n) is 2.56. The van der Waals surface area contributed by atoms with Crippen molar-refractivity contribution in [3.63, 3.8) is 0 Å². The first-order valence-electron chi connectivity index (χ1n) is 6.26. The van der Waals surface area contributed by atoms with E-state index >= 15 is 0 Å². The van der Waals surface area contributed by atoms with Crippen LogP contribution in [0.3, 0.4) is 0 Å². The van der Waals surface area contributed by atoms with Crippen LogP contribution in [0.2, 0.25) is 0 Å². The summed E-state index contributed by atoms with van der Waals surface area (Å²) in [5.74, 6) is 0.773. The van der Waals surface area contributed by atoms with Crippen LogP contribution in [0.5, 0.6) is 5.75 Å². The summed E-state index contributed by atoms with van der Waals surface area (Å²) in [5.41, 5.74) is 0. The normalized spacial score (nSPS) is 10.1. The molecular weight excluding hydrogens is 242 g/mol. The van der Waals surface area contributed by atoms with Crippen molar-refractivity contribution in [2.24, 2.45) is 0 Å². The molecule has 0 spiro atoms. The van der Waals surface area contributed by atoms with E-state index < -0.39 is 0 Å². The Morgan fingerprint density at radius 2 is 2.11 bits per heavy atom. The fourth-order valence-corrected chi connectivity index (χ4v) is 1.61. The molecule has 0 aliphatic carbocycles. The zero-order valence-electron chi connectivity index (χ0n) is 10.7. The number of amides is 1. The van der Waals surface area contributed by atoms with Crippen molar-refractivity contribution >= 4 is 5.91 Å². The van der Waals surface area contributed by atoms with Gasteiger partial charge in [0.05, 0.1) is 19.6 Å². The van der Waals surface area contributed by atoms with Gasteiger partial charge in [-0.25, -0.2) is 0 Å². The lowest BCUT2D eigenvalue weighted by Crippen LogP contribution is -2.28. The molecule has 2 rings (SSSR count). The Morgan fingerprint density at radius 3 is 2.84 bits per heavy atom. The van der Waals surface area contributed by atoms with E-state index in [1.807, 2.05) is 42.6 Å². The number of benzene rings is 1. The topological polar surface area (TPSA) is 56.1 Å². The van der Waals surface area contributed by atoms with Crippen molar-refractivity contribution in [1.82, 2.24) is 15.1 Å². The third-order valence-corrected chi connectivity index (χ3v) is 2.56. The van der Waals surface area contributed by atoms with Crippen molar-refractivity contribution < 1.29 is 9.53 Å². The minimum atomic E-state index is -0.0110. The van der Waals surface area contributed by atoms with E-state index in [-0.39, 0.29) is 5.91 Å². The van der Waals surface area contributed by atoms with Crippen molar-refractivity contribution in [3.05, 3.63) is 48.8 Å². The third kappa shape index (κ3) is 4.83. The van der Waals surface area contributed by atoms with Crippen LogP contribution in [-0.2, 0) is 11.3 Å². The van der Waals surface area contributed by atoms with Gasteiger partial charge in [-0.05, 0) is 18.2 Å². The Hall–Kier alpha value is -2.30. The summed E-state index contributed by atoms with van der Waals surface area (Å²) in [6.45, 7) is 1.64. The Morgan fingerprint density at radius 1 is 1.26 bits per heavy atom. The van der Waals surface area contributed by atoms with E-state index in [2.05, 4.69) is 10.4 Å². The highest BCUT2D eigenvalue weighted by Gasteiger charge is 2.01. The molecule has 0 bridgehead atoms. The molecule has 0 saturated carbocycles. The van der Waals surface area contributed by atoms with Crippen molar-refractivity contribution in [2.45, 2.75) is 13.0 Å². The van der Waals surface area contributed by atoms with Gasteiger partial charge >= 0.3 is 0 Å². The lowest BCUT2D eigenvalue weighted by Gasteiger charge is -2.07. The molecule has 5 heteroatoms. The minimum absolute atomic E-state index is 0.0110. The Balaban J connectivity index is 1.57. The van der Waals surface area contributed by atoms with E-state index in [0.29, 0.717) is 26.1 Å². The second-order valence-corrected chi connectivity index (χ2v) is 4.03. The predicted octanol–water partition coefficient (Wildman–Crippen LogP) is 1.47. The van der Waals surface area contributed by atoms with Gasteiger partial charge in [0.15, 0.2) is 0 Å². The largest absolute Gasteiger partial charge is 0.493 e. The molecule has 0 radical (unpaired) electrons. The molecule has 19 heavy (non-hydrogen) atoms. The molecule has 0 aliphatic rings. The second-order valence-electron chi connectivity index (χ2n) is 4.03. The first-order valence-corrected chi connectivity index (χ1v) is 6.26. The van der Waals surface area contributed by atoms with Crippen LogP contribution < -0.4 is 10.1 Å². The highest BCUT2D eigenvalue weighted by molar-refractivity contribution is 5.75. The van der Waals surface area contributed by atoms with Gasteiger partial charge in [-0.1, -0.05) is 18.2 Å². The second kappa shape index (κ2) is 7.20. The number of nitrogens with zero attached hydrogens (tertiary/aromatic N) is 2. The Bertz CT molecular complexity index is 483. The van der Waals surface area contributed by atoms with Gasteiger partial charge in [-0.3, -0.25) is 9.48 Å². The quantitative estimate of drug-likeness (QED) is 0.819. The lowest BCUT2D eigenvalue weighted by atomic mass is 10.3. The number of carbonyl (C=O) groups excluding carboxylic acids is 1. The number of nitrogens with one attached hydrogen (secondary N) is 1. The van der Waals surface area contributed by atoms with Gasteiger partial charge in [-0.2, -0.15) is 5.10 Å². The highest BCUT2D eigenvalue weighted by Crippen LogP contribution is 2.08. The van der Waals surface area contributed by atoms with Gasteiger partial charge in [0.25, 0.3) is 0 Å². The molecule has 1 aromatic heterocycles. The molecule has 5 nitrogen and oxygen atoms in total. The first kappa shape index (κ1) is 13.1. The molecule has 0 saturated heterocycles. The monoisotopic (exact) mass is 259 g/mol. The summed E-state index contributed by atoms with van der Waals surface area (Å²) in [5, 5.41) is 6.88. The Kier molecular flexibility index (Phi) is 4.98. The maximum Gasteiger partial charge on any atom is 0.223 e. The van der Waals surface area contributed by atoms with Gasteiger partial charge in [-0.15, -0.1) is 0 Å². The zero-order chi connectivity index (χ0) is 13.3. The van der Waals surface area contributed by atoms with E-state index in [1.54, 1.807) is 10.9 Å². The van der Waals surface area contributed by atoms with E-state index in [9.17, 15) is 4.79 Å². The molecule has 0 fully saturated rings. The van der Waals surface area contributed by atoms with Crippen molar-refractivity contribution in [1.29, 1.82) is 0 Å². The fourth-order valence-electron chi connectivity index (χ4n) is 1.61. The lowest BCUT2D eigenvalue weighted by molar-refractivity contribution is -0.121. The molecular formula is C14H17N3O2. The van der Waals surface area contributed by atoms with Crippen molar-refractivity contribution in [2.75, 3.05) is 13.2 Å². The predicted molar refractivity (Wildman–Crippen MR) is 71.8 cm³/mol. The molecule has 1 amide bonds. The highest BCUT2D eigenvalue weighted by atomic mass is 16.5. The Labute approximate surface area is 112 Å². The molecule has 100 valence electrons. The number of rotatable bonds is 7. The molecule has 0 unspecified atom stereocenters. The summed E-state index contributed by atoms with van der Waals surface area (Å²) >= 11 is 0. The maximum absolute atomic E-state index is 11.5. The summed E-state index contributed by atoms with van der Waals surface area (Å²) in [4.78, 5) is 11.5. The summed E-state index contributed by atoms with van der Waals surface area (Å²) < 4.78 is 7.23. The van der Waals surface area contributed by atoms with Crippen molar-refractivity contribution in [3.8, 4) is 5.75 Å². The summed E-state index contributed by atoms with van der Waals surface area (Å²) in [6.07, 6.45) is 3.94. The van der Waals surface area contributed by atoms with Crippen LogP contribution in [0.25, 0.3) is 0 Å². The average molecular weight is 259 g/mol. The number of para-hydroxylation sites is 1. The first-order chi connectivity index (χ1) is 9.34. The number of hydrogen-bond acceptors (Lipinski definition) is 3. The zero-order valence-corrected chi connectivity index (χ0v) is 10.7. The minimum Gasteiger partial charge on any atom is -0.493 e. The summed E-state index contributed by atoms with van der Waals surface area (Å²) in [6, 6.07) is 11.3. The molecule has 2 aromatic rings. The van der Waals surface area contributed by atoms with E-state index in [1.165, 1.54) is 0 Å². The van der Waals surface area contributed by atoms with Crippen LogP contribution >= 0.6 is 0 Å². The smallest absolute Gasteiger partial charge is 0.223 e. The SMILES string of the molecule is O=C(CCOc1ccccc1)NCCn1cccn1. The number of ether oxygens (including phenoxy) is 1. The van der Waals surface area contributed by atoms with Crippen LogP contribution in [0.4, 0.5) is 0 Å². The van der Waals surface area contributed by atoms with Gasteiger partial charge < -0.3 is 10.1 Å². The number of hydrogen-bond donors (Lipinski definition) is 1. The van der Waals surface area contributed by atoms with Gasteiger partial charge in [0.2, 0.25) is 5.91 Å². The van der Waals surface area contributed by atoms with Crippen LogP contribution in [0, 0.1) is 0 Å².